The van der Waals surface area contributed by atoms with Crippen LogP contribution in [0, 0.1) is 0 Å². The highest BCUT2D eigenvalue weighted by molar-refractivity contribution is 8.23. The van der Waals surface area contributed by atoms with E-state index in [9.17, 15) is 9.59 Å². The van der Waals surface area contributed by atoms with Crippen LogP contribution in [0.5, 0.6) is 0 Å². The number of carbonyl (C=O) groups excluding carboxylic acids is 2. The minimum atomic E-state index is -0.269. The van der Waals surface area contributed by atoms with Gasteiger partial charge in [-0.3, -0.25) is 15.0 Å². The van der Waals surface area contributed by atoms with E-state index in [1.165, 1.54) is 11.8 Å². The number of thioether (sulfide) groups is 1. The van der Waals surface area contributed by atoms with E-state index < -0.39 is 0 Å². The lowest BCUT2D eigenvalue weighted by atomic mass is 10.2. The highest BCUT2D eigenvalue weighted by Gasteiger charge is 2.28. The summed E-state index contributed by atoms with van der Waals surface area (Å²) in [5.74, 6) is -0.175. The lowest BCUT2D eigenvalue weighted by Crippen LogP contribution is -2.45. The van der Waals surface area contributed by atoms with E-state index in [1.807, 2.05) is 30.3 Å². The van der Waals surface area contributed by atoms with Crippen LogP contribution in [-0.2, 0) is 16.0 Å². The zero-order valence-electron chi connectivity index (χ0n) is 10.4. The Balaban J connectivity index is 1.69. The predicted molar refractivity (Wildman–Crippen MR) is 82.0 cm³/mol. The van der Waals surface area contributed by atoms with Gasteiger partial charge in [0.05, 0.1) is 12.2 Å². The van der Waals surface area contributed by atoms with Gasteiger partial charge in [-0.25, -0.2) is 5.01 Å². The first-order valence-electron chi connectivity index (χ1n) is 5.99. The Bertz CT molecular complexity index is 661. The van der Waals surface area contributed by atoms with E-state index in [-0.39, 0.29) is 24.0 Å². The Morgan fingerprint density at radius 1 is 1.45 bits per heavy atom. The molecule has 7 heteroatoms. The van der Waals surface area contributed by atoms with E-state index >= 15 is 0 Å². The smallest absolute Gasteiger partial charge is 0.257 e. The minimum absolute atomic E-state index is 0.172. The third kappa shape index (κ3) is 2.54. The molecule has 1 fully saturated rings. The first kappa shape index (κ1) is 13.1. The summed E-state index contributed by atoms with van der Waals surface area (Å²) in [5.41, 5.74) is 4.32. The van der Waals surface area contributed by atoms with Gasteiger partial charge in [0, 0.05) is 11.2 Å². The maximum Gasteiger partial charge on any atom is 0.257 e. The molecular weight excluding hydrogens is 294 g/mol. The molecule has 1 aromatic carbocycles. The number of hydrazine groups is 1. The number of rotatable bonds is 3. The number of aromatic amines is 1. The van der Waals surface area contributed by atoms with E-state index in [4.69, 9.17) is 12.2 Å². The fourth-order valence-electron chi connectivity index (χ4n) is 2.03. The van der Waals surface area contributed by atoms with Crippen LogP contribution in [0.15, 0.2) is 30.3 Å². The van der Waals surface area contributed by atoms with Gasteiger partial charge >= 0.3 is 0 Å². The third-order valence-corrected chi connectivity index (χ3v) is 4.28. The number of H-pyrrole nitrogens is 1. The first-order valence-corrected chi connectivity index (χ1v) is 7.39. The molecule has 20 heavy (non-hydrogen) atoms. The molecule has 0 atom stereocenters. The van der Waals surface area contributed by atoms with Gasteiger partial charge in [0.15, 0.2) is 4.32 Å². The van der Waals surface area contributed by atoms with Crippen molar-refractivity contribution in [3.63, 3.8) is 0 Å². The molecular formula is C13H11N3O2S2. The molecule has 0 aliphatic carbocycles. The van der Waals surface area contributed by atoms with Crippen molar-refractivity contribution in [1.82, 2.24) is 15.4 Å². The molecule has 0 radical (unpaired) electrons. The van der Waals surface area contributed by atoms with Gasteiger partial charge in [0.25, 0.3) is 5.91 Å². The number of fused-ring (bicyclic) bond motifs is 1. The molecule has 102 valence electrons. The van der Waals surface area contributed by atoms with E-state index in [0.29, 0.717) is 4.32 Å². The highest BCUT2D eigenvalue weighted by atomic mass is 32.2. The Labute approximate surface area is 124 Å². The van der Waals surface area contributed by atoms with Crippen molar-refractivity contribution < 1.29 is 9.59 Å². The fraction of sp³-hybridized carbons (Fsp3) is 0.154. The Morgan fingerprint density at radius 2 is 2.25 bits per heavy atom. The van der Waals surface area contributed by atoms with E-state index in [1.54, 1.807) is 0 Å². The summed E-state index contributed by atoms with van der Waals surface area (Å²) in [7, 11) is 0. The lowest BCUT2D eigenvalue weighted by molar-refractivity contribution is -0.133. The summed E-state index contributed by atoms with van der Waals surface area (Å²) in [5, 5.41) is 2.20. The number of aromatic nitrogens is 1. The molecule has 0 saturated carbocycles. The van der Waals surface area contributed by atoms with Crippen molar-refractivity contribution in [2.24, 2.45) is 0 Å². The zero-order chi connectivity index (χ0) is 14.1. The summed E-state index contributed by atoms with van der Waals surface area (Å²) in [6.07, 6.45) is 0.172. The monoisotopic (exact) mass is 305 g/mol. The second kappa shape index (κ2) is 5.26. The molecule has 1 aliphatic heterocycles. The maximum atomic E-state index is 11.9. The zero-order valence-corrected chi connectivity index (χ0v) is 12.0. The number of nitrogens with one attached hydrogen (secondary N) is 2. The molecule has 2 amide bonds. The molecule has 0 spiro atoms. The summed E-state index contributed by atoms with van der Waals surface area (Å²) >= 11 is 6.25. The second-order valence-electron chi connectivity index (χ2n) is 4.38. The summed E-state index contributed by atoms with van der Waals surface area (Å²) in [4.78, 5) is 26.6. The topological polar surface area (TPSA) is 65.2 Å². The largest absolute Gasteiger partial charge is 0.358 e. The van der Waals surface area contributed by atoms with Crippen molar-refractivity contribution in [3.05, 3.63) is 36.0 Å². The highest BCUT2D eigenvalue weighted by Crippen LogP contribution is 2.18. The van der Waals surface area contributed by atoms with Crippen molar-refractivity contribution >= 4 is 51.0 Å². The van der Waals surface area contributed by atoms with Crippen molar-refractivity contribution in [2.45, 2.75) is 6.42 Å². The van der Waals surface area contributed by atoms with Gasteiger partial charge in [-0.05, 0) is 17.5 Å². The number of hydrogen-bond donors (Lipinski definition) is 2. The Kier molecular flexibility index (Phi) is 3.45. The number of para-hydroxylation sites is 1. The molecule has 2 aromatic rings. The number of amides is 2. The third-order valence-electron chi connectivity index (χ3n) is 2.92. The molecule has 0 unspecified atom stereocenters. The normalized spacial score (nSPS) is 15.1. The van der Waals surface area contributed by atoms with Gasteiger partial charge in [-0.1, -0.05) is 42.2 Å². The average Bonchev–Trinajstić information content (AvgIpc) is 2.96. The van der Waals surface area contributed by atoms with Gasteiger partial charge in [-0.15, -0.1) is 0 Å². The first-order chi connectivity index (χ1) is 9.63. The summed E-state index contributed by atoms with van der Waals surface area (Å²) in [6.45, 7) is 0. The Hall–Kier alpha value is -1.86. The standard InChI is InChI=1S/C13H11N3O2S2/c17-11(15-16-12(18)7-20-13(16)19)6-9-5-8-3-1-2-4-10(8)14-9/h1-5,14H,6-7H2,(H,15,17). The van der Waals surface area contributed by atoms with Crippen LogP contribution in [0.4, 0.5) is 0 Å². The van der Waals surface area contributed by atoms with Gasteiger partial charge in [0.1, 0.15) is 0 Å². The van der Waals surface area contributed by atoms with Crippen LogP contribution in [0.2, 0.25) is 0 Å². The molecule has 1 aliphatic rings. The van der Waals surface area contributed by atoms with Crippen LogP contribution >= 0.6 is 24.0 Å². The SMILES string of the molecule is O=C(Cc1cc2ccccc2[nH]1)NN1C(=O)CSC1=S. The summed E-state index contributed by atoms with van der Waals surface area (Å²) in [6, 6.07) is 9.73. The van der Waals surface area contributed by atoms with E-state index in [0.717, 1.165) is 21.6 Å². The van der Waals surface area contributed by atoms with Crippen molar-refractivity contribution in [3.8, 4) is 0 Å². The molecule has 1 saturated heterocycles. The number of benzene rings is 1. The van der Waals surface area contributed by atoms with Crippen LogP contribution in [0.25, 0.3) is 10.9 Å². The molecule has 5 nitrogen and oxygen atoms in total. The number of nitrogens with zero attached hydrogens (tertiary/aromatic N) is 1. The molecule has 1 aromatic heterocycles. The van der Waals surface area contributed by atoms with Crippen LogP contribution in [0.3, 0.4) is 0 Å². The van der Waals surface area contributed by atoms with Crippen LogP contribution in [0.1, 0.15) is 5.69 Å². The van der Waals surface area contributed by atoms with Gasteiger partial charge < -0.3 is 4.98 Å². The molecule has 0 bridgehead atoms. The second-order valence-corrected chi connectivity index (χ2v) is 5.99. The van der Waals surface area contributed by atoms with Crippen LogP contribution in [-0.4, -0.2) is 31.9 Å². The molecule has 2 N–H and O–H groups in total. The van der Waals surface area contributed by atoms with Gasteiger partial charge in [0.2, 0.25) is 5.91 Å². The fourth-order valence-corrected chi connectivity index (χ4v) is 3.01. The lowest BCUT2D eigenvalue weighted by Gasteiger charge is -2.15. The van der Waals surface area contributed by atoms with Crippen molar-refractivity contribution in [1.29, 1.82) is 0 Å². The number of thiocarbonyl (C=S) groups is 1. The molecule has 3 rings (SSSR count). The van der Waals surface area contributed by atoms with Crippen molar-refractivity contribution in [2.75, 3.05) is 5.75 Å². The van der Waals surface area contributed by atoms with Crippen LogP contribution < -0.4 is 5.43 Å². The predicted octanol–water partition coefficient (Wildman–Crippen LogP) is 1.60. The van der Waals surface area contributed by atoms with E-state index in [2.05, 4.69) is 10.4 Å². The molecule has 2 heterocycles. The maximum absolute atomic E-state index is 11.9. The minimum Gasteiger partial charge on any atom is -0.358 e. The number of hydrogen-bond acceptors (Lipinski definition) is 4. The number of carbonyl (C=O) groups is 2. The quantitative estimate of drug-likeness (QED) is 0.846. The Morgan fingerprint density at radius 3 is 2.95 bits per heavy atom. The van der Waals surface area contributed by atoms with Gasteiger partial charge in [-0.2, -0.15) is 0 Å². The average molecular weight is 305 g/mol. The summed E-state index contributed by atoms with van der Waals surface area (Å²) < 4.78 is 0.389.